The molecule has 0 aliphatic carbocycles. The van der Waals surface area contributed by atoms with Crippen LogP contribution < -0.4 is 0 Å². The maximum absolute atomic E-state index is 13.1. The molecule has 95 heavy (non-hydrogen) atoms. The van der Waals surface area contributed by atoms with Crippen molar-refractivity contribution in [3.8, 4) is 0 Å². The van der Waals surface area contributed by atoms with Gasteiger partial charge >= 0.3 is 39.5 Å². The van der Waals surface area contributed by atoms with Gasteiger partial charge in [-0.25, -0.2) is 9.13 Å². The number of ether oxygens (including phenoxy) is 4. The minimum atomic E-state index is -4.96. The number of carbonyl (C=O) groups excluding carboxylic acids is 4. The van der Waals surface area contributed by atoms with Crippen molar-refractivity contribution in [3.05, 3.63) is 0 Å². The number of phosphoric acid groups is 2. The molecule has 7 atom stereocenters. The van der Waals surface area contributed by atoms with Crippen molar-refractivity contribution in [1.82, 2.24) is 0 Å². The maximum atomic E-state index is 13.1. The van der Waals surface area contributed by atoms with Gasteiger partial charge in [0, 0.05) is 25.7 Å². The normalized spacial score (nSPS) is 14.6. The molecule has 0 aromatic carbocycles. The van der Waals surface area contributed by atoms with Crippen molar-refractivity contribution in [2.45, 2.75) is 413 Å². The lowest BCUT2D eigenvalue weighted by atomic mass is 9.99. The lowest BCUT2D eigenvalue weighted by molar-refractivity contribution is -0.161. The van der Waals surface area contributed by atoms with Crippen LogP contribution in [0.3, 0.4) is 0 Å². The van der Waals surface area contributed by atoms with E-state index in [4.69, 9.17) is 37.0 Å². The Labute approximate surface area is 581 Å². The third-order valence-corrected chi connectivity index (χ3v) is 20.3. The Morgan fingerprint density at radius 1 is 0.295 bits per heavy atom. The summed E-state index contributed by atoms with van der Waals surface area (Å²) < 4.78 is 68.5. The summed E-state index contributed by atoms with van der Waals surface area (Å²) in [6.45, 7) is 9.56. The van der Waals surface area contributed by atoms with Gasteiger partial charge in [-0.2, -0.15) is 0 Å². The van der Waals surface area contributed by atoms with Crippen molar-refractivity contribution in [3.63, 3.8) is 0 Å². The van der Waals surface area contributed by atoms with Crippen LogP contribution in [0, 0.1) is 11.8 Å². The highest BCUT2D eigenvalue weighted by Gasteiger charge is 2.30. The van der Waals surface area contributed by atoms with Gasteiger partial charge in [-0.1, -0.05) is 343 Å². The zero-order valence-corrected chi connectivity index (χ0v) is 63.8. The molecule has 0 aromatic rings. The molecule has 19 heteroatoms. The van der Waals surface area contributed by atoms with Crippen molar-refractivity contribution >= 4 is 39.5 Å². The van der Waals surface area contributed by atoms with Crippen LogP contribution in [-0.2, 0) is 65.4 Å². The number of esters is 4. The second-order valence-electron chi connectivity index (χ2n) is 27.9. The fourth-order valence-electron chi connectivity index (χ4n) is 11.6. The van der Waals surface area contributed by atoms with Crippen LogP contribution >= 0.6 is 15.6 Å². The molecule has 0 aromatic heterocycles. The van der Waals surface area contributed by atoms with Crippen LogP contribution in [-0.4, -0.2) is 96.7 Å². The molecule has 0 rings (SSSR count). The average Bonchev–Trinajstić information content (AvgIpc) is 1.39. The van der Waals surface area contributed by atoms with Crippen LogP contribution in [0.25, 0.3) is 0 Å². The predicted octanol–water partition coefficient (Wildman–Crippen LogP) is 22.3. The first kappa shape index (κ1) is 93.1. The third kappa shape index (κ3) is 67.6. The minimum absolute atomic E-state index is 0.104. The maximum Gasteiger partial charge on any atom is 0.472 e. The molecule has 17 nitrogen and oxygen atoms in total. The van der Waals surface area contributed by atoms with Crippen LogP contribution in [0.5, 0.6) is 0 Å². The summed E-state index contributed by atoms with van der Waals surface area (Å²) in [5.74, 6) is -0.617. The average molecular weight is 1400 g/mol. The number of rotatable bonds is 75. The molecule has 0 radical (unpaired) electrons. The highest BCUT2D eigenvalue weighted by Crippen LogP contribution is 2.45. The highest BCUT2D eigenvalue weighted by molar-refractivity contribution is 7.47. The molecular weight excluding hydrogens is 1250 g/mol. The number of phosphoric ester groups is 2. The smallest absolute Gasteiger partial charge is 0.462 e. The Balaban J connectivity index is 5.25. The fourth-order valence-corrected chi connectivity index (χ4v) is 13.2. The second-order valence-corrected chi connectivity index (χ2v) is 30.8. The zero-order chi connectivity index (χ0) is 70.0. The molecule has 0 heterocycles. The second kappa shape index (κ2) is 67.9. The zero-order valence-electron chi connectivity index (χ0n) is 62.0. The van der Waals surface area contributed by atoms with E-state index >= 15 is 0 Å². The van der Waals surface area contributed by atoms with Crippen LogP contribution in [0.2, 0.25) is 0 Å². The lowest BCUT2D eigenvalue weighted by Crippen LogP contribution is -2.30. The quantitative estimate of drug-likeness (QED) is 0.0222. The van der Waals surface area contributed by atoms with Gasteiger partial charge in [-0.15, -0.1) is 0 Å². The Bertz CT molecular complexity index is 1840. The summed E-state index contributed by atoms with van der Waals surface area (Å²) >= 11 is 0. The number of aliphatic hydroxyl groups is 1. The molecule has 4 unspecified atom stereocenters. The van der Waals surface area contributed by atoms with Crippen molar-refractivity contribution < 1.29 is 80.2 Å². The van der Waals surface area contributed by atoms with Crippen LogP contribution in [0.15, 0.2) is 0 Å². The predicted molar refractivity (Wildman–Crippen MR) is 386 cm³/mol. The Hall–Kier alpha value is -1.94. The van der Waals surface area contributed by atoms with Gasteiger partial charge in [0.15, 0.2) is 12.2 Å². The number of unbranched alkanes of at least 4 members (excludes halogenated alkanes) is 43. The Morgan fingerprint density at radius 2 is 0.505 bits per heavy atom. The molecule has 0 amide bonds. The van der Waals surface area contributed by atoms with Gasteiger partial charge in [0.05, 0.1) is 26.4 Å². The first-order chi connectivity index (χ1) is 45.9. The Morgan fingerprint density at radius 3 is 0.747 bits per heavy atom. The standard InChI is InChI=1S/C76H148O17P2/c1-7-11-13-15-17-19-21-23-25-26-27-29-31-33-35-40-48-54-60-75(80)92-71(64-86-73(78)58-52-46-39-34-32-30-28-24-22-20-18-16-14-12-8-2)66-90-94(82,83)88-62-70(77)63-89-95(84,85)91-67-72(65-87-74(79)59-53-47-43-42-45-51-57-69(6)10-4)93-76(81)61-55-49-41-37-36-38-44-50-56-68(5)9-3/h68-72,77H,7-67H2,1-6H3,(H,82,83)(H,84,85)/t68?,69?,70-,71-,72-/m1/s1. The molecule has 0 saturated heterocycles. The van der Waals surface area contributed by atoms with Crippen molar-refractivity contribution in [2.24, 2.45) is 11.8 Å². The van der Waals surface area contributed by atoms with Crippen LogP contribution in [0.4, 0.5) is 0 Å². The summed E-state index contributed by atoms with van der Waals surface area (Å²) in [6.07, 6.45) is 55.5. The van der Waals surface area contributed by atoms with E-state index < -0.39 is 97.5 Å². The van der Waals surface area contributed by atoms with Gasteiger partial charge in [-0.3, -0.25) is 37.3 Å². The van der Waals surface area contributed by atoms with E-state index in [1.165, 1.54) is 205 Å². The summed E-state index contributed by atoms with van der Waals surface area (Å²) in [5, 5.41) is 10.6. The monoisotopic (exact) mass is 1400 g/mol. The first-order valence-electron chi connectivity index (χ1n) is 39.6. The van der Waals surface area contributed by atoms with E-state index in [1.807, 2.05) is 0 Å². The summed E-state index contributed by atoms with van der Waals surface area (Å²) in [5.41, 5.74) is 0. The Kier molecular flexibility index (Phi) is 66.5. The molecular formula is C76H148O17P2. The third-order valence-electron chi connectivity index (χ3n) is 18.4. The number of carbonyl (C=O) groups is 4. The van der Waals surface area contributed by atoms with Gasteiger partial charge in [0.1, 0.15) is 19.3 Å². The molecule has 3 N–H and O–H groups in total. The van der Waals surface area contributed by atoms with E-state index in [9.17, 15) is 43.2 Å². The molecule has 564 valence electrons. The highest BCUT2D eigenvalue weighted by atomic mass is 31.2. The number of hydrogen-bond acceptors (Lipinski definition) is 15. The lowest BCUT2D eigenvalue weighted by Gasteiger charge is -2.21. The molecule has 0 aliphatic rings. The number of hydrogen-bond donors (Lipinski definition) is 3. The number of aliphatic hydroxyl groups excluding tert-OH is 1. The minimum Gasteiger partial charge on any atom is -0.462 e. The van der Waals surface area contributed by atoms with Gasteiger partial charge < -0.3 is 33.8 Å². The largest absolute Gasteiger partial charge is 0.472 e. The molecule has 0 fully saturated rings. The first-order valence-corrected chi connectivity index (χ1v) is 42.6. The molecule has 0 spiro atoms. The fraction of sp³-hybridized carbons (Fsp3) is 0.947. The van der Waals surface area contributed by atoms with E-state index in [0.29, 0.717) is 25.7 Å². The topological polar surface area (TPSA) is 237 Å². The molecule has 0 aliphatic heterocycles. The molecule has 0 bridgehead atoms. The summed E-state index contributed by atoms with van der Waals surface area (Å²) in [4.78, 5) is 72.8. The summed E-state index contributed by atoms with van der Waals surface area (Å²) in [7, 11) is -9.91. The van der Waals surface area contributed by atoms with Crippen molar-refractivity contribution in [1.29, 1.82) is 0 Å². The van der Waals surface area contributed by atoms with Gasteiger partial charge in [0.2, 0.25) is 0 Å². The van der Waals surface area contributed by atoms with E-state index in [2.05, 4.69) is 41.5 Å². The summed E-state index contributed by atoms with van der Waals surface area (Å²) in [6, 6.07) is 0. The van der Waals surface area contributed by atoms with Crippen LogP contribution in [0.1, 0.15) is 395 Å². The van der Waals surface area contributed by atoms with E-state index in [-0.39, 0.29) is 25.7 Å². The van der Waals surface area contributed by atoms with E-state index in [0.717, 1.165) is 108 Å². The van der Waals surface area contributed by atoms with Gasteiger partial charge in [0.25, 0.3) is 0 Å². The van der Waals surface area contributed by atoms with E-state index in [1.54, 1.807) is 0 Å². The van der Waals surface area contributed by atoms with Gasteiger partial charge in [-0.05, 0) is 37.5 Å². The SMILES string of the molecule is CCCCCCCCCCCCCCCCCCCCC(=O)O[C@H](COC(=O)CCCCCCCCCCCCCCCCC)COP(=O)(O)OC[C@@H](O)COP(=O)(O)OC[C@@H](COC(=O)CCCCCCCCC(C)CC)OC(=O)CCCCCCCCCCC(C)CC. The molecule has 0 saturated carbocycles. The van der Waals surface area contributed by atoms with Crippen molar-refractivity contribution in [2.75, 3.05) is 39.6 Å².